The maximum atomic E-state index is 10.9. The first-order chi connectivity index (χ1) is 9.08. The number of halogens is 1. The van der Waals surface area contributed by atoms with E-state index >= 15 is 0 Å². The molecule has 9 heteroatoms. The van der Waals surface area contributed by atoms with Crippen LogP contribution in [0, 0.1) is 17.0 Å². The summed E-state index contributed by atoms with van der Waals surface area (Å²) in [5, 5.41) is 17.5. The Kier molecular flexibility index (Phi) is 4.05. The fourth-order valence-electron chi connectivity index (χ4n) is 1.47. The summed E-state index contributed by atoms with van der Waals surface area (Å²) in [6, 6.07) is 0. The van der Waals surface area contributed by atoms with E-state index in [2.05, 4.69) is 36.4 Å². The average molecular weight is 328 g/mol. The number of hydrogen-bond donors (Lipinski definition) is 1. The van der Waals surface area contributed by atoms with E-state index in [4.69, 9.17) is 4.52 Å². The second-order valence-corrected chi connectivity index (χ2v) is 4.54. The molecule has 0 saturated carbocycles. The normalized spacial score (nSPS) is 10.4. The number of hydrogen-bond acceptors (Lipinski definition) is 7. The molecule has 100 valence electrons. The summed E-state index contributed by atoms with van der Waals surface area (Å²) in [5.41, 5.74) is 0.298. The van der Waals surface area contributed by atoms with Crippen LogP contribution in [0.25, 0.3) is 0 Å². The summed E-state index contributed by atoms with van der Waals surface area (Å²) in [4.78, 5) is 18.2. The van der Waals surface area contributed by atoms with Gasteiger partial charge in [0.05, 0.1) is 9.40 Å². The first kappa shape index (κ1) is 13.4. The number of aromatic nitrogens is 3. The van der Waals surface area contributed by atoms with Crippen LogP contribution >= 0.6 is 15.9 Å². The molecule has 2 aromatic rings. The van der Waals surface area contributed by atoms with E-state index in [0.717, 1.165) is 0 Å². The Morgan fingerprint density at radius 3 is 2.95 bits per heavy atom. The van der Waals surface area contributed by atoms with Crippen molar-refractivity contribution < 1.29 is 9.45 Å². The molecule has 2 rings (SSSR count). The first-order valence-electron chi connectivity index (χ1n) is 5.39. The van der Waals surface area contributed by atoms with E-state index in [1.807, 2.05) is 0 Å². The quantitative estimate of drug-likeness (QED) is 0.661. The van der Waals surface area contributed by atoms with Crippen molar-refractivity contribution in [3.63, 3.8) is 0 Å². The van der Waals surface area contributed by atoms with E-state index < -0.39 is 4.92 Å². The molecule has 2 heterocycles. The predicted molar refractivity (Wildman–Crippen MR) is 69.8 cm³/mol. The molecule has 0 saturated heterocycles. The van der Waals surface area contributed by atoms with E-state index in [0.29, 0.717) is 34.8 Å². The van der Waals surface area contributed by atoms with E-state index in [1.165, 1.54) is 12.4 Å². The number of nitro groups is 1. The molecule has 8 nitrogen and oxygen atoms in total. The highest BCUT2D eigenvalue weighted by atomic mass is 79.9. The molecular formula is C10H10BrN5O3. The molecule has 0 aliphatic carbocycles. The van der Waals surface area contributed by atoms with Crippen molar-refractivity contribution in [2.75, 3.05) is 11.9 Å². The summed E-state index contributed by atoms with van der Waals surface area (Å²) in [5.74, 6) is 1.05. The third kappa shape index (κ3) is 3.25. The van der Waals surface area contributed by atoms with Gasteiger partial charge in [-0.15, -0.1) is 0 Å². The SMILES string of the molecule is Cc1noc(CCNc2c(Br)cncc2[N+](=O)[O-])n1. The standard InChI is InChI=1S/C10H10BrN5O3/c1-6-14-9(19-15-6)2-3-13-10-7(11)4-12-5-8(10)16(17)18/h4-5H,2-3H2,1H3,(H,12,13). The Hall–Kier alpha value is -2.03. The van der Waals surface area contributed by atoms with Gasteiger partial charge in [-0.25, -0.2) is 0 Å². The largest absolute Gasteiger partial charge is 0.378 e. The summed E-state index contributed by atoms with van der Waals surface area (Å²) >= 11 is 3.23. The molecule has 19 heavy (non-hydrogen) atoms. The van der Waals surface area contributed by atoms with Crippen LogP contribution in [-0.4, -0.2) is 26.6 Å². The number of rotatable bonds is 5. The van der Waals surface area contributed by atoms with Gasteiger partial charge in [-0.3, -0.25) is 15.1 Å². The molecule has 0 bridgehead atoms. The Balaban J connectivity index is 2.05. The molecule has 0 fully saturated rings. The highest BCUT2D eigenvalue weighted by Crippen LogP contribution is 2.30. The van der Waals surface area contributed by atoms with E-state index in [9.17, 15) is 10.1 Å². The third-order valence-corrected chi connectivity index (χ3v) is 2.89. The summed E-state index contributed by atoms with van der Waals surface area (Å²) in [7, 11) is 0. The molecule has 0 unspecified atom stereocenters. The number of nitrogens with zero attached hydrogens (tertiary/aromatic N) is 4. The maximum Gasteiger partial charge on any atom is 0.311 e. The van der Waals surface area contributed by atoms with Crippen LogP contribution in [0.15, 0.2) is 21.4 Å². The maximum absolute atomic E-state index is 10.9. The molecule has 0 radical (unpaired) electrons. The minimum absolute atomic E-state index is 0.0870. The lowest BCUT2D eigenvalue weighted by Crippen LogP contribution is -2.08. The topological polar surface area (TPSA) is 107 Å². The zero-order chi connectivity index (χ0) is 13.8. The zero-order valence-electron chi connectivity index (χ0n) is 9.96. The van der Waals surface area contributed by atoms with Crippen molar-refractivity contribution in [2.45, 2.75) is 13.3 Å². The van der Waals surface area contributed by atoms with Crippen LogP contribution in [0.1, 0.15) is 11.7 Å². The van der Waals surface area contributed by atoms with Gasteiger partial charge in [0.15, 0.2) is 5.82 Å². The highest BCUT2D eigenvalue weighted by Gasteiger charge is 2.17. The molecule has 1 N–H and O–H groups in total. The minimum atomic E-state index is -0.489. The van der Waals surface area contributed by atoms with Crippen LogP contribution in [0.4, 0.5) is 11.4 Å². The lowest BCUT2D eigenvalue weighted by Gasteiger charge is -2.07. The van der Waals surface area contributed by atoms with Gasteiger partial charge in [0.1, 0.15) is 11.9 Å². The number of pyridine rings is 1. The van der Waals surface area contributed by atoms with Gasteiger partial charge in [0, 0.05) is 19.2 Å². The first-order valence-corrected chi connectivity index (χ1v) is 6.18. The molecule has 0 amide bonds. The predicted octanol–water partition coefficient (Wildman–Crippen LogP) is 2.10. The summed E-state index contributed by atoms with van der Waals surface area (Å²) < 4.78 is 5.48. The van der Waals surface area contributed by atoms with Crippen molar-refractivity contribution in [2.24, 2.45) is 0 Å². The molecule has 0 spiro atoms. The van der Waals surface area contributed by atoms with Gasteiger partial charge in [-0.2, -0.15) is 4.98 Å². The van der Waals surface area contributed by atoms with Crippen LogP contribution in [0.5, 0.6) is 0 Å². The lowest BCUT2D eigenvalue weighted by molar-refractivity contribution is -0.384. The number of aryl methyl sites for hydroxylation is 1. The minimum Gasteiger partial charge on any atom is -0.378 e. The van der Waals surface area contributed by atoms with Gasteiger partial charge in [0.25, 0.3) is 0 Å². The molecule has 2 aromatic heterocycles. The van der Waals surface area contributed by atoms with Gasteiger partial charge >= 0.3 is 5.69 Å². The fraction of sp³-hybridized carbons (Fsp3) is 0.300. The molecule has 0 aliphatic heterocycles. The fourth-order valence-corrected chi connectivity index (χ4v) is 1.94. The van der Waals surface area contributed by atoms with Gasteiger partial charge in [0.2, 0.25) is 5.89 Å². The second kappa shape index (κ2) is 5.74. The van der Waals surface area contributed by atoms with Gasteiger partial charge < -0.3 is 9.84 Å². The van der Waals surface area contributed by atoms with Crippen molar-refractivity contribution in [3.8, 4) is 0 Å². The van der Waals surface area contributed by atoms with Crippen LogP contribution in [-0.2, 0) is 6.42 Å². The second-order valence-electron chi connectivity index (χ2n) is 3.68. The van der Waals surface area contributed by atoms with Gasteiger partial charge in [-0.05, 0) is 22.9 Å². The molecule has 0 atom stereocenters. The zero-order valence-corrected chi connectivity index (χ0v) is 11.5. The van der Waals surface area contributed by atoms with Crippen LogP contribution in [0.3, 0.4) is 0 Å². The monoisotopic (exact) mass is 327 g/mol. The van der Waals surface area contributed by atoms with Crippen molar-refractivity contribution in [1.82, 2.24) is 15.1 Å². The number of nitrogens with one attached hydrogen (secondary N) is 1. The number of anilines is 1. The summed E-state index contributed by atoms with van der Waals surface area (Å²) in [6.45, 7) is 2.16. The average Bonchev–Trinajstić information content (AvgIpc) is 2.77. The molecule has 0 aliphatic rings. The Labute approximate surface area is 116 Å². The molecule has 0 aromatic carbocycles. The Morgan fingerprint density at radius 2 is 2.32 bits per heavy atom. The molecular weight excluding hydrogens is 318 g/mol. The Morgan fingerprint density at radius 1 is 1.53 bits per heavy atom. The highest BCUT2D eigenvalue weighted by molar-refractivity contribution is 9.10. The van der Waals surface area contributed by atoms with Crippen LogP contribution in [0.2, 0.25) is 0 Å². The van der Waals surface area contributed by atoms with Crippen molar-refractivity contribution >= 4 is 27.3 Å². The summed E-state index contributed by atoms with van der Waals surface area (Å²) in [6.07, 6.45) is 3.17. The van der Waals surface area contributed by atoms with E-state index in [-0.39, 0.29) is 5.69 Å². The lowest BCUT2D eigenvalue weighted by atomic mass is 10.3. The van der Waals surface area contributed by atoms with Crippen molar-refractivity contribution in [3.05, 3.63) is 38.7 Å². The van der Waals surface area contributed by atoms with Crippen LogP contribution < -0.4 is 5.32 Å². The Bertz CT molecular complexity index is 601. The van der Waals surface area contributed by atoms with Crippen molar-refractivity contribution in [1.29, 1.82) is 0 Å². The van der Waals surface area contributed by atoms with E-state index in [1.54, 1.807) is 6.92 Å². The third-order valence-electron chi connectivity index (χ3n) is 2.29. The van der Waals surface area contributed by atoms with Gasteiger partial charge in [-0.1, -0.05) is 5.16 Å². The smallest absolute Gasteiger partial charge is 0.311 e.